The zero-order valence-electron chi connectivity index (χ0n) is 13.2. The summed E-state index contributed by atoms with van der Waals surface area (Å²) in [6, 6.07) is 9.80. The van der Waals surface area contributed by atoms with E-state index in [1.54, 1.807) is 12.4 Å². The molecule has 2 aromatic rings. The average Bonchev–Trinajstić information content (AvgIpc) is 2.50. The number of hydrogen-bond acceptors (Lipinski definition) is 3. The lowest BCUT2D eigenvalue weighted by Crippen LogP contribution is -2.23. The Morgan fingerprint density at radius 1 is 1.18 bits per heavy atom. The first kappa shape index (κ1) is 16.2. The number of benzene rings is 1. The lowest BCUT2D eigenvalue weighted by Gasteiger charge is -2.15. The number of anilines is 1. The third kappa shape index (κ3) is 4.15. The van der Waals surface area contributed by atoms with Gasteiger partial charge in [0, 0.05) is 18.1 Å². The summed E-state index contributed by atoms with van der Waals surface area (Å²) in [7, 11) is 0. The summed E-state index contributed by atoms with van der Waals surface area (Å²) in [6.45, 7) is 5.74. The van der Waals surface area contributed by atoms with Gasteiger partial charge in [-0.15, -0.1) is 0 Å². The van der Waals surface area contributed by atoms with E-state index in [1.165, 1.54) is 0 Å². The number of nitrogens with zero attached hydrogens (tertiary/aromatic N) is 1. The predicted molar refractivity (Wildman–Crippen MR) is 88.5 cm³/mol. The molecule has 4 nitrogen and oxygen atoms in total. The molecule has 0 aliphatic carbocycles. The summed E-state index contributed by atoms with van der Waals surface area (Å²) < 4.78 is 0. The lowest BCUT2D eigenvalue weighted by atomic mass is 10.0. The van der Waals surface area contributed by atoms with Crippen molar-refractivity contribution in [3.8, 4) is 11.1 Å². The number of aromatic nitrogens is 1. The molecule has 0 saturated heterocycles. The van der Waals surface area contributed by atoms with Gasteiger partial charge in [-0.05, 0) is 47.7 Å². The number of carbonyl (C=O) groups is 1. The van der Waals surface area contributed by atoms with Crippen molar-refractivity contribution >= 4 is 11.6 Å². The molecule has 1 atom stereocenters. The standard InChI is InChI=1S/C18H22N2O2/c1-12(2)17(21)11-18(22)20-16-10-15(5-4-13(16)3)14-6-8-19-9-7-14/h4-10,12,17,21H,11H2,1-3H3,(H,20,22). The minimum Gasteiger partial charge on any atom is -0.392 e. The lowest BCUT2D eigenvalue weighted by molar-refractivity contribution is -0.118. The molecule has 0 saturated carbocycles. The third-order valence-corrected chi connectivity index (χ3v) is 3.69. The van der Waals surface area contributed by atoms with Crippen LogP contribution in [-0.4, -0.2) is 22.1 Å². The van der Waals surface area contributed by atoms with Gasteiger partial charge in [0.2, 0.25) is 5.91 Å². The van der Waals surface area contributed by atoms with Crippen LogP contribution >= 0.6 is 0 Å². The van der Waals surface area contributed by atoms with Crippen LogP contribution in [0.4, 0.5) is 5.69 Å². The molecule has 1 unspecified atom stereocenters. The zero-order valence-corrected chi connectivity index (χ0v) is 13.2. The molecule has 0 spiro atoms. The maximum Gasteiger partial charge on any atom is 0.226 e. The number of nitrogens with one attached hydrogen (secondary N) is 1. The molecule has 0 bridgehead atoms. The maximum absolute atomic E-state index is 12.0. The first-order valence-electron chi connectivity index (χ1n) is 7.46. The van der Waals surface area contributed by atoms with Crippen molar-refractivity contribution in [2.45, 2.75) is 33.3 Å². The fourth-order valence-electron chi connectivity index (χ4n) is 2.11. The first-order valence-corrected chi connectivity index (χ1v) is 7.46. The minimum absolute atomic E-state index is 0.0648. The average molecular weight is 298 g/mol. The Balaban J connectivity index is 2.16. The van der Waals surface area contributed by atoms with Crippen molar-refractivity contribution < 1.29 is 9.90 Å². The number of hydrogen-bond donors (Lipinski definition) is 2. The zero-order chi connectivity index (χ0) is 16.1. The largest absolute Gasteiger partial charge is 0.392 e. The molecule has 0 aliphatic heterocycles. The second-order valence-electron chi connectivity index (χ2n) is 5.83. The van der Waals surface area contributed by atoms with Crippen molar-refractivity contribution in [2.75, 3.05) is 5.32 Å². The Bertz CT molecular complexity index is 639. The summed E-state index contributed by atoms with van der Waals surface area (Å²) in [5.74, 6) is -0.105. The van der Waals surface area contributed by atoms with E-state index in [9.17, 15) is 9.90 Å². The molecular formula is C18H22N2O2. The van der Waals surface area contributed by atoms with Gasteiger partial charge >= 0.3 is 0 Å². The smallest absolute Gasteiger partial charge is 0.226 e. The third-order valence-electron chi connectivity index (χ3n) is 3.69. The number of amides is 1. The highest BCUT2D eigenvalue weighted by atomic mass is 16.3. The van der Waals surface area contributed by atoms with E-state index in [-0.39, 0.29) is 18.2 Å². The SMILES string of the molecule is Cc1ccc(-c2ccncc2)cc1NC(=O)CC(O)C(C)C. The van der Waals surface area contributed by atoms with Crippen LogP contribution in [0.15, 0.2) is 42.7 Å². The fourth-order valence-corrected chi connectivity index (χ4v) is 2.11. The van der Waals surface area contributed by atoms with Crippen LogP contribution in [0.3, 0.4) is 0 Å². The van der Waals surface area contributed by atoms with Crippen molar-refractivity contribution in [1.82, 2.24) is 4.98 Å². The van der Waals surface area contributed by atoms with Crippen LogP contribution < -0.4 is 5.32 Å². The second kappa shape index (κ2) is 7.18. The van der Waals surface area contributed by atoms with Crippen LogP contribution in [0.1, 0.15) is 25.8 Å². The molecule has 116 valence electrons. The molecule has 1 amide bonds. The molecule has 4 heteroatoms. The second-order valence-corrected chi connectivity index (χ2v) is 5.83. The fraction of sp³-hybridized carbons (Fsp3) is 0.333. The number of pyridine rings is 1. The monoisotopic (exact) mass is 298 g/mol. The van der Waals surface area contributed by atoms with E-state index < -0.39 is 6.10 Å². The molecule has 0 radical (unpaired) electrons. The van der Waals surface area contributed by atoms with Gasteiger partial charge in [-0.25, -0.2) is 0 Å². The number of aryl methyl sites for hydroxylation is 1. The van der Waals surface area contributed by atoms with E-state index in [0.29, 0.717) is 0 Å². The highest BCUT2D eigenvalue weighted by Gasteiger charge is 2.15. The first-order chi connectivity index (χ1) is 10.5. The molecule has 22 heavy (non-hydrogen) atoms. The van der Waals surface area contributed by atoms with E-state index in [4.69, 9.17) is 0 Å². The van der Waals surface area contributed by atoms with Crippen LogP contribution in [0, 0.1) is 12.8 Å². The predicted octanol–water partition coefficient (Wildman–Crippen LogP) is 3.40. The molecule has 0 aliphatic rings. The van der Waals surface area contributed by atoms with Gasteiger partial charge in [0.25, 0.3) is 0 Å². The highest BCUT2D eigenvalue weighted by Crippen LogP contribution is 2.25. The summed E-state index contributed by atoms with van der Waals surface area (Å²) >= 11 is 0. The molecule has 2 N–H and O–H groups in total. The Hall–Kier alpha value is -2.20. The molecule has 0 fully saturated rings. The van der Waals surface area contributed by atoms with E-state index in [0.717, 1.165) is 22.4 Å². The van der Waals surface area contributed by atoms with Crippen molar-refractivity contribution in [2.24, 2.45) is 5.92 Å². The quantitative estimate of drug-likeness (QED) is 0.889. The topological polar surface area (TPSA) is 62.2 Å². The molecule has 1 heterocycles. The van der Waals surface area contributed by atoms with Gasteiger partial charge in [0.05, 0.1) is 12.5 Å². The van der Waals surface area contributed by atoms with Gasteiger partial charge in [0.1, 0.15) is 0 Å². The highest BCUT2D eigenvalue weighted by molar-refractivity contribution is 5.92. The Labute approximate surface area is 131 Å². The van der Waals surface area contributed by atoms with Gasteiger partial charge in [-0.2, -0.15) is 0 Å². The van der Waals surface area contributed by atoms with Crippen LogP contribution in [-0.2, 0) is 4.79 Å². The molecular weight excluding hydrogens is 276 g/mol. The van der Waals surface area contributed by atoms with Crippen LogP contribution in [0.2, 0.25) is 0 Å². The number of rotatable bonds is 5. The van der Waals surface area contributed by atoms with Crippen molar-refractivity contribution in [3.63, 3.8) is 0 Å². The summed E-state index contributed by atoms with van der Waals surface area (Å²) in [5, 5.41) is 12.7. The van der Waals surface area contributed by atoms with Gasteiger partial charge in [0.15, 0.2) is 0 Å². The van der Waals surface area contributed by atoms with Gasteiger partial charge < -0.3 is 10.4 Å². The maximum atomic E-state index is 12.0. The summed E-state index contributed by atoms with van der Waals surface area (Å²) in [6.07, 6.45) is 2.97. The summed E-state index contributed by atoms with van der Waals surface area (Å²) in [5.41, 5.74) is 3.83. The molecule has 2 rings (SSSR count). The van der Waals surface area contributed by atoms with Crippen molar-refractivity contribution in [3.05, 3.63) is 48.3 Å². The number of aliphatic hydroxyl groups excluding tert-OH is 1. The van der Waals surface area contributed by atoms with E-state index in [2.05, 4.69) is 10.3 Å². The minimum atomic E-state index is -0.622. The van der Waals surface area contributed by atoms with E-state index >= 15 is 0 Å². The summed E-state index contributed by atoms with van der Waals surface area (Å²) in [4.78, 5) is 16.1. The Morgan fingerprint density at radius 2 is 1.86 bits per heavy atom. The number of aliphatic hydroxyl groups is 1. The Kier molecular flexibility index (Phi) is 5.28. The number of carbonyl (C=O) groups excluding carboxylic acids is 1. The van der Waals surface area contributed by atoms with Gasteiger partial charge in [-0.1, -0.05) is 26.0 Å². The van der Waals surface area contributed by atoms with Crippen LogP contribution in [0.25, 0.3) is 11.1 Å². The van der Waals surface area contributed by atoms with Crippen LogP contribution in [0.5, 0.6) is 0 Å². The van der Waals surface area contributed by atoms with E-state index in [1.807, 2.05) is 51.1 Å². The molecule has 1 aromatic heterocycles. The molecule has 1 aromatic carbocycles. The normalized spacial score (nSPS) is 12.2. The van der Waals surface area contributed by atoms with Gasteiger partial charge in [-0.3, -0.25) is 9.78 Å². The van der Waals surface area contributed by atoms with Crippen molar-refractivity contribution in [1.29, 1.82) is 0 Å². The Morgan fingerprint density at radius 3 is 2.50 bits per heavy atom.